The second kappa shape index (κ2) is 7.48. The number of aliphatic hydroxyl groups excluding tert-OH is 1. The van der Waals surface area contributed by atoms with Gasteiger partial charge in [0.2, 0.25) is 0 Å². The lowest BCUT2D eigenvalue weighted by Gasteiger charge is -2.19. The van der Waals surface area contributed by atoms with Crippen molar-refractivity contribution >= 4 is 0 Å². The van der Waals surface area contributed by atoms with Gasteiger partial charge in [-0.2, -0.15) is 0 Å². The summed E-state index contributed by atoms with van der Waals surface area (Å²) >= 11 is 0. The summed E-state index contributed by atoms with van der Waals surface area (Å²) in [6.07, 6.45) is -1.20. The van der Waals surface area contributed by atoms with Gasteiger partial charge in [0, 0.05) is 18.2 Å². The predicted octanol–water partition coefficient (Wildman–Crippen LogP) is 3.50. The molecule has 0 saturated heterocycles. The van der Waals surface area contributed by atoms with Gasteiger partial charge >= 0.3 is 0 Å². The number of rotatable bonds is 6. The van der Waals surface area contributed by atoms with Crippen LogP contribution in [0, 0.1) is 17.5 Å². The third kappa shape index (κ3) is 4.24. The molecular formula is C17H18F3NO2. The predicted molar refractivity (Wildman–Crippen MR) is 80.7 cm³/mol. The minimum atomic E-state index is -1.20. The van der Waals surface area contributed by atoms with Crippen LogP contribution in [-0.4, -0.2) is 18.8 Å². The maximum absolute atomic E-state index is 13.6. The quantitative estimate of drug-likeness (QED) is 0.854. The number of aliphatic hydroxyl groups is 1. The zero-order chi connectivity index (χ0) is 17.0. The Morgan fingerprint density at radius 3 is 2.48 bits per heavy atom. The zero-order valence-corrected chi connectivity index (χ0v) is 12.8. The van der Waals surface area contributed by atoms with E-state index in [9.17, 15) is 18.3 Å². The summed E-state index contributed by atoms with van der Waals surface area (Å²) in [6, 6.07) is 7.11. The molecule has 0 aliphatic heterocycles. The van der Waals surface area contributed by atoms with E-state index in [-0.39, 0.29) is 23.9 Å². The molecule has 0 radical (unpaired) electrons. The van der Waals surface area contributed by atoms with Gasteiger partial charge in [0.05, 0.1) is 13.2 Å². The Labute approximate surface area is 132 Å². The zero-order valence-electron chi connectivity index (χ0n) is 12.8. The Kier molecular flexibility index (Phi) is 5.63. The van der Waals surface area contributed by atoms with E-state index in [1.165, 1.54) is 13.2 Å². The van der Waals surface area contributed by atoms with Gasteiger partial charge in [0.15, 0.2) is 11.6 Å². The summed E-state index contributed by atoms with van der Waals surface area (Å²) in [5.41, 5.74) is 0.636. The van der Waals surface area contributed by atoms with Crippen molar-refractivity contribution in [3.63, 3.8) is 0 Å². The van der Waals surface area contributed by atoms with Crippen molar-refractivity contribution in [2.24, 2.45) is 0 Å². The van der Waals surface area contributed by atoms with E-state index >= 15 is 0 Å². The average Bonchev–Trinajstić information content (AvgIpc) is 2.55. The average molecular weight is 325 g/mol. The molecule has 0 heterocycles. The first-order valence-electron chi connectivity index (χ1n) is 7.12. The van der Waals surface area contributed by atoms with Crippen molar-refractivity contribution in [1.29, 1.82) is 0 Å². The third-order valence-corrected chi connectivity index (χ3v) is 3.61. The molecule has 2 atom stereocenters. The van der Waals surface area contributed by atoms with E-state index in [0.29, 0.717) is 0 Å². The molecular weight excluding hydrogens is 307 g/mol. The van der Waals surface area contributed by atoms with Crippen molar-refractivity contribution in [1.82, 2.24) is 5.32 Å². The Hall–Kier alpha value is -2.05. The van der Waals surface area contributed by atoms with Crippen LogP contribution < -0.4 is 10.1 Å². The van der Waals surface area contributed by atoms with Crippen LogP contribution in [0.4, 0.5) is 13.2 Å². The molecule has 3 nitrogen and oxygen atoms in total. The molecule has 0 spiro atoms. The first kappa shape index (κ1) is 17.3. The molecule has 124 valence electrons. The van der Waals surface area contributed by atoms with Gasteiger partial charge in [-0.3, -0.25) is 0 Å². The lowest BCUT2D eigenvalue weighted by Crippen LogP contribution is -2.25. The maximum Gasteiger partial charge on any atom is 0.165 e. The maximum atomic E-state index is 13.6. The molecule has 6 heteroatoms. The molecule has 0 aliphatic carbocycles. The summed E-state index contributed by atoms with van der Waals surface area (Å²) in [5, 5.41) is 13.0. The molecule has 2 N–H and O–H groups in total. The van der Waals surface area contributed by atoms with Crippen molar-refractivity contribution in [3.05, 3.63) is 65.0 Å². The molecule has 2 aromatic carbocycles. The monoisotopic (exact) mass is 325 g/mol. The van der Waals surface area contributed by atoms with Gasteiger partial charge in [-0.1, -0.05) is 6.07 Å². The fraction of sp³-hybridized carbons (Fsp3) is 0.294. The van der Waals surface area contributed by atoms with E-state index in [2.05, 4.69) is 5.32 Å². The molecule has 0 aromatic heterocycles. The summed E-state index contributed by atoms with van der Waals surface area (Å²) < 4.78 is 45.0. The number of halogens is 3. The summed E-state index contributed by atoms with van der Waals surface area (Å²) in [4.78, 5) is 0. The molecule has 0 amide bonds. The molecule has 23 heavy (non-hydrogen) atoms. The van der Waals surface area contributed by atoms with Gasteiger partial charge in [-0.15, -0.1) is 0 Å². The number of hydrogen-bond donors (Lipinski definition) is 2. The smallest absolute Gasteiger partial charge is 0.165 e. The van der Waals surface area contributed by atoms with E-state index < -0.39 is 23.6 Å². The summed E-state index contributed by atoms with van der Waals surface area (Å²) in [5.74, 6) is -1.63. The van der Waals surface area contributed by atoms with E-state index in [1.807, 2.05) is 0 Å². The lowest BCUT2D eigenvalue weighted by molar-refractivity contribution is 0.165. The number of methoxy groups -OCH3 is 1. The van der Waals surface area contributed by atoms with Gasteiger partial charge in [-0.25, -0.2) is 13.2 Å². The topological polar surface area (TPSA) is 41.5 Å². The minimum Gasteiger partial charge on any atom is -0.494 e. The molecule has 0 saturated carbocycles. The minimum absolute atomic E-state index is 0.0151. The highest BCUT2D eigenvalue weighted by atomic mass is 19.1. The first-order valence-corrected chi connectivity index (χ1v) is 7.12. The highest BCUT2D eigenvalue weighted by Crippen LogP contribution is 2.23. The Morgan fingerprint density at radius 1 is 1.09 bits per heavy atom. The van der Waals surface area contributed by atoms with Crippen molar-refractivity contribution < 1.29 is 23.0 Å². The van der Waals surface area contributed by atoms with Crippen LogP contribution in [0.2, 0.25) is 0 Å². The van der Waals surface area contributed by atoms with Crippen LogP contribution in [0.25, 0.3) is 0 Å². The van der Waals surface area contributed by atoms with Crippen LogP contribution in [0.1, 0.15) is 30.2 Å². The number of benzene rings is 2. The van der Waals surface area contributed by atoms with Crippen LogP contribution in [0.5, 0.6) is 5.75 Å². The highest BCUT2D eigenvalue weighted by Gasteiger charge is 2.16. The van der Waals surface area contributed by atoms with Gasteiger partial charge in [-0.05, 0) is 42.8 Å². The Balaban J connectivity index is 2.03. The van der Waals surface area contributed by atoms with Crippen LogP contribution >= 0.6 is 0 Å². The van der Waals surface area contributed by atoms with Gasteiger partial charge in [0.25, 0.3) is 0 Å². The Bertz CT molecular complexity index is 679. The summed E-state index contributed by atoms with van der Waals surface area (Å²) in [7, 11) is 1.37. The second-order valence-corrected chi connectivity index (χ2v) is 5.21. The largest absolute Gasteiger partial charge is 0.494 e. The number of nitrogens with one attached hydrogen (secondary N) is 1. The van der Waals surface area contributed by atoms with Gasteiger partial charge < -0.3 is 15.2 Å². The number of hydrogen-bond acceptors (Lipinski definition) is 3. The standard InChI is InChI=1S/C17H18F3NO2/c1-10(11-3-5-15(20)17(7-11)23-2)21-9-16(22)13-8-12(18)4-6-14(13)19/h3-8,10,16,21-22H,9H2,1-2H3. The fourth-order valence-electron chi connectivity index (χ4n) is 2.23. The molecule has 0 fully saturated rings. The van der Waals surface area contributed by atoms with Crippen LogP contribution in [-0.2, 0) is 0 Å². The Morgan fingerprint density at radius 2 is 1.78 bits per heavy atom. The first-order chi connectivity index (χ1) is 10.9. The van der Waals surface area contributed by atoms with Crippen molar-refractivity contribution in [2.45, 2.75) is 19.1 Å². The van der Waals surface area contributed by atoms with Crippen LogP contribution in [0.3, 0.4) is 0 Å². The lowest BCUT2D eigenvalue weighted by atomic mass is 10.1. The van der Waals surface area contributed by atoms with Crippen molar-refractivity contribution in [3.8, 4) is 5.75 Å². The normalized spacial score (nSPS) is 13.7. The fourth-order valence-corrected chi connectivity index (χ4v) is 2.23. The SMILES string of the molecule is COc1cc(C(C)NCC(O)c2cc(F)ccc2F)ccc1F. The third-order valence-electron chi connectivity index (χ3n) is 3.61. The highest BCUT2D eigenvalue weighted by molar-refractivity contribution is 5.32. The van der Waals surface area contributed by atoms with E-state index in [0.717, 1.165) is 23.8 Å². The molecule has 0 bridgehead atoms. The molecule has 2 unspecified atom stereocenters. The second-order valence-electron chi connectivity index (χ2n) is 5.21. The van der Waals surface area contributed by atoms with Crippen LogP contribution in [0.15, 0.2) is 36.4 Å². The molecule has 2 aromatic rings. The summed E-state index contributed by atoms with van der Waals surface area (Å²) in [6.45, 7) is 1.82. The molecule has 2 rings (SSSR count). The number of ether oxygens (including phenoxy) is 1. The van der Waals surface area contributed by atoms with E-state index in [4.69, 9.17) is 4.74 Å². The van der Waals surface area contributed by atoms with Crippen molar-refractivity contribution in [2.75, 3.05) is 13.7 Å². The van der Waals surface area contributed by atoms with E-state index in [1.54, 1.807) is 19.1 Å². The molecule has 0 aliphatic rings. The van der Waals surface area contributed by atoms with Gasteiger partial charge in [0.1, 0.15) is 11.6 Å².